The molecule has 0 unspecified atom stereocenters. The Hall–Kier alpha value is -0.460. The molecule has 0 spiro atoms. The van der Waals surface area contributed by atoms with Crippen LogP contribution in [0, 0.1) is 0 Å². The zero-order chi connectivity index (χ0) is 18.3. The third-order valence-corrected chi connectivity index (χ3v) is 4.78. The highest BCUT2D eigenvalue weighted by molar-refractivity contribution is 4.89. The van der Waals surface area contributed by atoms with Crippen LogP contribution in [0.15, 0.2) is 12.2 Å². The summed E-state index contributed by atoms with van der Waals surface area (Å²) in [7, 11) is 0. The van der Waals surface area contributed by atoms with Gasteiger partial charge in [-0.25, -0.2) is 0 Å². The normalized spacial score (nSPS) is 25.0. The molecule has 1 fully saturated rings. The fourth-order valence-corrected chi connectivity index (χ4v) is 3.14. The number of ether oxygens (including phenoxy) is 2. The van der Waals surface area contributed by atoms with Gasteiger partial charge in [0.1, 0.15) is 24.4 Å². The van der Waals surface area contributed by atoms with Crippen molar-refractivity contribution in [1.82, 2.24) is 0 Å². The van der Waals surface area contributed by atoms with Gasteiger partial charge in [0.05, 0.1) is 19.8 Å². The van der Waals surface area contributed by atoms with Gasteiger partial charge in [-0.3, -0.25) is 0 Å². The Bertz CT molecular complexity index is 334. The molecule has 5 heteroatoms. The summed E-state index contributed by atoms with van der Waals surface area (Å²) in [6, 6.07) is 0. The first-order valence-corrected chi connectivity index (χ1v) is 10.1. The van der Waals surface area contributed by atoms with Gasteiger partial charge in [-0.2, -0.15) is 0 Å². The van der Waals surface area contributed by atoms with E-state index < -0.39 is 24.4 Å². The van der Waals surface area contributed by atoms with E-state index in [1.807, 2.05) is 6.08 Å². The molecule has 0 amide bonds. The second kappa shape index (κ2) is 14.7. The van der Waals surface area contributed by atoms with Gasteiger partial charge < -0.3 is 24.8 Å². The molecule has 0 bridgehead atoms. The first-order chi connectivity index (χ1) is 12.2. The van der Waals surface area contributed by atoms with Crippen LogP contribution >= 0.6 is 0 Å². The molecule has 1 rings (SSSR count). The standard InChI is InChI=1S/C20H38O5/c1-2-3-4-5-6-7-8-9-10-11-12-13-14-24-18(15-21)20-19(23)17(22)16-25-20/h12-13,17-23H,2-11,14-16H2,1H3/b13-12+/t17-,18+,19-,20-/m1/s1. The molecule has 1 heterocycles. The van der Waals surface area contributed by atoms with E-state index in [0.717, 1.165) is 6.42 Å². The molecule has 148 valence electrons. The Labute approximate surface area is 153 Å². The van der Waals surface area contributed by atoms with Crippen molar-refractivity contribution in [2.24, 2.45) is 0 Å². The Morgan fingerprint density at radius 2 is 1.64 bits per heavy atom. The molecule has 1 aliphatic rings. The van der Waals surface area contributed by atoms with Gasteiger partial charge in [0.15, 0.2) is 0 Å². The lowest BCUT2D eigenvalue weighted by molar-refractivity contribution is -0.0942. The number of hydrogen-bond acceptors (Lipinski definition) is 5. The molecule has 0 aromatic heterocycles. The van der Waals surface area contributed by atoms with Crippen LogP contribution in [0.25, 0.3) is 0 Å². The molecule has 25 heavy (non-hydrogen) atoms. The highest BCUT2D eigenvalue weighted by atomic mass is 16.6. The first kappa shape index (κ1) is 22.6. The van der Waals surface area contributed by atoms with E-state index in [0.29, 0.717) is 6.61 Å². The summed E-state index contributed by atoms with van der Waals surface area (Å²) < 4.78 is 10.8. The third-order valence-electron chi connectivity index (χ3n) is 4.78. The molecule has 4 atom stereocenters. The highest BCUT2D eigenvalue weighted by Gasteiger charge is 2.40. The second-order valence-corrected chi connectivity index (χ2v) is 7.00. The molecule has 0 aromatic rings. The van der Waals surface area contributed by atoms with E-state index in [1.165, 1.54) is 57.8 Å². The van der Waals surface area contributed by atoms with Crippen molar-refractivity contribution in [3.63, 3.8) is 0 Å². The van der Waals surface area contributed by atoms with E-state index in [4.69, 9.17) is 9.47 Å². The van der Waals surface area contributed by atoms with Crippen LogP contribution in [-0.2, 0) is 9.47 Å². The molecule has 3 N–H and O–H groups in total. The quantitative estimate of drug-likeness (QED) is 0.310. The average molecular weight is 359 g/mol. The maximum absolute atomic E-state index is 9.78. The molecule has 1 aliphatic heterocycles. The van der Waals surface area contributed by atoms with Gasteiger partial charge in [0.2, 0.25) is 0 Å². The third kappa shape index (κ3) is 9.71. The van der Waals surface area contributed by atoms with Crippen LogP contribution < -0.4 is 0 Å². The maximum atomic E-state index is 9.78. The van der Waals surface area contributed by atoms with E-state index in [-0.39, 0.29) is 13.2 Å². The van der Waals surface area contributed by atoms with Crippen molar-refractivity contribution in [3.8, 4) is 0 Å². The molecule has 5 nitrogen and oxygen atoms in total. The fraction of sp³-hybridized carbons (Fsp3) is 0.900. The number of rotatable bonds is 15. The number of aliphatic hydroxyl groups is 3. The second-order valence-electron chi connectivity index (χ2n) is 7.00. The smallest absolute Gasteiger partial charge is 0.114 e. The van der Waals surface area contributed by atoms with Gasteiger partial charge in [0, 0.05) is 0 Å². The van der Waals surface area contributed by atoms with Gasteiger partial charge >= 0.3 is 0 Å². The Balaban J connectivity index is 1.97. The zero-order valence-electron chi connectivity index (χ0n) is 15.8. The van der Waals surface area contributed by atoms with Crippen molar-refractivity contribution in [1.29, 1.82) is 0 Å². The Kier molecular flexibility index (Phi) is 13.3. The molecular formula is C20H38O5. The van der Waals surface area contributed by atoms with Crippen LogP contribution in [0.5, 0.6) is 0 Å². The Morgan fingerprint density at radius 3 is 2.20 bits per heavy atom. The van der Waals surface area contributed by atoms with Gasteiger partial charge in [-0.05, 0) is 12.8 Å². The largest absolute Gasteiger partial charge is 0.394 e. The van der Waals surface area contributed by atoms with Gasteiger partial charge in [-0.1, -0.05) is 70.4 Å². The van der Waals surface area contributed by atoms with E-state index in [9.17, 15) is 15.3 Å². The van der Waals surface area contributed by atoms with Crippen LogP contribution in [0.4, 0.5) is 0 Å². The van der Waals surface area contributed by atoms with Crippen molar-refractivity contribution in [3.05, 3.63) is 12.2 Å². The number of hydrogen-bond donors (Lipinski definition) is 3. The zero-order valence-corrected chi connectivity index (χ0v) is 15.8. The Morgan fingerprint density at radius 1 is 1.00 bits per heavy atom. The minimum Gasteiger partial charge on any atom is -0.394 e. The lowest BCUT2D eigenvalue weighted by Gasteiger charge is -2.23. The molecule has 0 aliphatic carbocycles. The summed E-state index contributed by atoms with van der Waals surface area (Å²) in [5.41, 5.74) is 0. The monoisotopic (exact) mass is 358 g/mol. The topological polar surface area (TPSA) is 79.2 Å². The highest BCUT2D eigenvalue weighted by Crippen LogP contribution is 2.19. The van der Waals surface area contributed by atoms with Crippen molar-refractivity contribution in [2.45, 2.75) is 95.5 Å². The van der Waals surface area contributed by atoms with Crippen molar-refractivity contribution >= 4 is 0 Å². The summed E-state index contributed by atoms with van der Waals surface area (Å²) in [6.45, 7) is 2.48. The SMILES string of the molecule is CCCCCCCCCCC/C=C/CO[C@@H](CO)[C@H]1OC[C@@H](O)[C@H]1O. The van der Waals surface area contributed by atoms with Crippen LogP contribution in [0.1, 0.15) is 71.1 Å². The summed E-state index contributed by atoms with van der Waals surface area (Å²) >= 11 is 0. The van der Waals surface area contributed by atoms with Gasteiger partial charge in [-0.15, -0.1) is 0 Å². The van der Waals surface area contributed by atoms with E-state index in [2.05, 4.69) is 13.0 Å². The predicted molar refractivity (Wildman–Crippen MR) is 99.6 cm³/mol. The lowest BCUT2D eigenvalue weighted by Crippen LogP contribution is -2.42. The minimum absolute atomic E-state index is 0.0835. The summed E-state index contributed by atoms with van der Waals surface area (Å²) in [6.07, 6.45) is 13.9. The van der Waals surface area contributed by atoms with E-state index in [1.54, 1.807) is 0 Å². The lowest BCUT2D eigenvalue weighted by atomic mass is 10.1. The first-order valence-electron chi connectivity index (χ1n) is 10.1. The van der Waals surface area contributed by atoms with Crippen molar-refractivity contribution < 1.29 is 24.8 Å². The van der Waals surface area contributed by atoms with Crippen LogP contribution in [0.3, 0.4) is 0 Å². The van der Waals surface area contributed by atoms with Crippen LogP contribution in [0.2, 0.25) is 0 Å². The number of unbranched alkanes of at least 4 members (excludes halogenated alkanes) is 9. The minimum atomic E-state index is -0.997. The number of aliphatic hydroxyl groups excluding tert-OH is 3. The molecular weight excluding hydrogens is 320 g/mol. The number of allylic oxidation sites excluding steroid dienone is 1. The summed E-state index contributed by atoms with van der Waals surface area (Å²) in [5.74, 6) is 0. The van der Waals surface area contributed by atoms with E-state index >= 15 is 0 Å². The van der Waals surface area contributed by atoms with Crippen molar-refractivity contribution in [2.75, 3.05) is 19.8 Å². The van der Waals surface area contributed by atoms with Crippen LogP contribution in [-0.4, -0.2) is 59.6 Å². The predicted octanol–water partition coefficient (Wildman–Crippen LogP) is 2.96. The van der Waals surface area contributed by atoms with Gasteiger partial charge in [0.25, 0.3) is 0 Å². The molecule has 1 saturated heterocycles. The average Bonchev–Trinajstić information content (AvgIpc) is 2.95. The molecule has 0 aromatic carbocycles. The summed E-state index contributed by atoms with van der Waals surface area (Å²) in [4.78, 5) is 0. The summed E-state index contributed by atoms with van der Waals surface area (Å²) in [5, 5.41) is 28.6. The molecule has 0 saturated carbocycles. The molecule has 0 radical (unpaired) electrons. The maximum Gasteiger partial charge on any atom is 0.114 e. The fourth-order valence-electron chi connectivity index (χ4n) is 3.14.